The summed E-state index contributed by atoms with van der Waals surface area (Å²) in [4.78, 5) is 37.6. The van der Waals surface area contributed by atoms with E-state index in [9.17, 15) is 19.5 Å². The number of likely N-dealkylation sites (N-methyl/N-ethyl adjacent to an activating group) is 1. The third-order valence-corrected chi connectivity index (χ3v) is 15.5. The van der Waals surface area contributed by atoms with Crippen molar-refractivity contribution in [2.45, 2.75) is 296 Å². The fourth-order valence-corrected chi connectivity index (χ4v) is 9.85. The number of hydrogen-bond donors (Lipinski definition) is 0. The summed E-state index contributed by atoms with van der Waals surface area (Å²) in [6, 6.07) is 0. The normalized spacial score (nSPS) is 13.7. The first-order valence-electron chi connectivity index (χ1n) is 37.3. The zero-order chi connectivity index (χ0) is 67.5. The number of hydrogen-bond acceptors (Lipinski definition) is 8. The monoisotopic (exact) mass is 1290 g/mol. The molecule has 93 heavy (non-hydrogen) atoms. The van der Waals surface area contributed by atoms with Crippen LogP contribution in [-0.2, 0) is 33.3 Å². The van der Waals surface area contributed by atoms with Crippen LogP contribution in [0.15, 0.2) is 170 Å². The fourth-order valence-electron chi connectivity index (χ4n) is 9.85. The van der Waals surface area contributed by atoms with Crippen LogP contribution < -0.4 is 5.11 Å². The molecule has 0 aromatic heterocycles. The number of ether oxygens (including phenoxy) is 4. The first kappa shape index (κ1) is 87.7. The van der Waals surface area contributed by atoms with Crippen molar-refractivity contribution < 1.29 is 42.9 Å². The van der Waals surface area contributed by atoms with Crippen LogP contribution in [0.3, 0.4) is 0 Å². The molecule has 0 aromatic carbocycles. The van der Waals surface area contributed by atoms with Gasteiger partial charge in [-0.3, -0.25) is 9.59 Å². The topological polar surface area (TPSA) is 111 Å². The molecule has 2 atom stereocenters. The van der Waals surface area contributed by atoms with E-state index in [1.165, 1.54) is 103 Å². The highest BCUT2D eigenvalue weighted by Crippen LogP contribution is 2.17. The number of carbonyl (C=O) groups is 3. The SMILES string of the molecule is CC/C=C\C/C=C\C/C=C\C/C=C\C/C=C\C/C=C\C/C=C\C/C=C\CCCCCCCCC(=O)OC(COC(=O)CCCCCCCCCCCCCCCCCCCC/C=C\C/C=C\C/C=C\C/C=C\C/C=C\C/C=C\CC)COC(OCC[N+](C)(C)C)C(=O)[O-]. The number of aliphatic carboxylic acids is 1. The third-order valence-electron chi connectivity index (χ3n) is 15.5. The highest BCUT2D eigenvalue weighted by atomic mass is 16.7. The molecule has 2 unspecified atom stereocenters. The molecule has 0 amide bonds. The number of carboxylic acids is 1. The van der Waals surface area contributed by atoms with Crippen LogP contribution in [0.1, 0.15) is 284 Å². The first-order chi connectivity index (χ1) is 45.6. The van der Waals surface area contributed by atoms with Crippen LogP contribution >= 0.6 is 0 Å². The van der Waals surface area contributed by atoms with Crippen molar-refractivity contribution >= 4 is 17.9 Å². The molecule has 0 bridgehead atoms. The summed E-state index contributed by atoms with van der Waals surface area (Å²) in [5.41, 5.74) is 0. The fraction of sp³-hybridized carbons (Fsp3) is 0.631. The van der Waals surface area contributed by atoms with E-state index in [-0.39, 0.29) is 38.6 Å². The maximum atomic E-state index is 12.9. The molecular weight excluding hydrogens is 1150 g/mol. The predicted molar refractivity (Wildman–Crippen MR) is 398 cm³/mol. The van der Waals surface area contributed by atoms with Crippen LogP contribution in [0, 0.1) is 0 Å². The van der Waals surface area contributed by atoms with Gasteiger partial charge in [-0.25, -0.2) is 0 Å². The predicted octanol–water partition coefficient (Wildman–Crippen LogP) is 22.5. The summed E-state index contributed by atoms with van der Waals surface area (Å²) in [6.07, 6.45) is 106. The van der Waals surface area contributed by atoms with Gasteiger partial charge in [0.15, 0.2) is 12.4 Å². The molecule has 0 rings (SSSR count). The van der Waals surface area contributed by atoms with Crippen molar-refractivity contribution in [2.24, 2.45) is 0 Å². The van der Waals surface area contributed by atoms with E-state index in [4.69, 9.17) is 18.9 Å². The quantitative estimate of drug-likeness (QED) is 0.0195. The van der Waals surface area contributed by atoms with Gasteiger partial charge in [0.25, 0.3) is 0 Å². The van der Waals surface area contributed by atoms with Gasteiger partial charge in [-0.1, -0.05) is 312 Å². The van der Waals surface area contributed by atoms with Crippen LogP contribution in [0.25, 0.3) is 0 Å². The van der Waals surface area contributed by atoms with Gasteiger partial charge in [-0.05, 0) is 128 Å². The number of allylic oxidation sites excluding steroid dienone is 28. The number of quaternary nitrogens is 1. The Balaban J connectivity index is 4.14. The van der Waals surface area contributed by atoms with Crippen LogP contribution in [0.2, 0.25) is 0 Å². The summed E-state index contributed by atoms with van der Waals surface area (Å²) in [5.74, 6) is -2.31. The molecule has 0 aliphatic carbocycles. The maximum Gasteiger partial charge on any atom is 0.306 e. The van der Waals surface area contributed by atoms with Gasteiger partial charge < -0.3 is 33.3 Å². The Kier molecular flexibility index (Phi) is 68.3. The molecule has 0 aromatic rings. The molecule has 0 N–H and O–H groups in total. The number of nitrogens with zero attached hydrogens (tertiary/aromatic N) is 1. The van der Waals surface area contributed by atoms with Crippen molar-refractivity contribution in [3.05, 3.63) is 170 Å². The maximum absolute atomic E-state index is 12.9. The Morgan fingerprint density at radius 3 is 0.860 bits per heavy atom. The Labute approximate surface area is 571 Å². The van der Waals surface area contributed by atoms with Crippen molar-refractivity contribution in [3.8, 4) is 0 Å². The first-order valence-corrected chi connectivity index (χ1v) is 37.3. The van der Waals surface area contributed by atoms with E-state index in [1.807, 2.05) is 21.1 Å². The van der Waals surface area contributed by atoms with Crippen LogP contribution in [-0.4, -0.2) is 82.3 Å². The number of carbonyl (C=O) groups excluding carboxylic acids is 3. The summed E-state index contributed by atoms with van der Waals surface area (Å²) in [7, 11) is 5.92. The molecule has 0 fully saturated rings. The Hall–Kier alpha value is -5.35. The van der Waals surface area contributed by atoms with Crippen molar-refractivity contribution in [3.63, 3.8) is 0 Å². The second-order valence-electron chi connectivity index (χ2n) is 25.5. The molecule has 0 aliphatic heterocycles. The van der Waals surface area contributed by atoms with E-state index in [0.717, 1.165) is 148 Å². The molecular formula is C84H137NO8. The lowest BCUT2D eigenvalue weighted by atomic mass is 10.0. The van der Waals surface area contributed by atoms with Gasteiger partial charge in [0.1, 0.15) is 13.2 Å². The Morgan fingerprint density at radius 1 is 0.323 bits per heavy atom. The molecule has 0 aliphatic rings. The van der Waals surface area contributed by atoms with Gasteiger partial charge in [-0.2, -0.15) is 0 Å². The van der Waals surface area contributed by atoms with Gasteiger partial charge in [0.05, 0.1) is 40.3 Å². The number of rotatable bonds is 67. The van der Waals surface area contributed by atoms with Crippen LogP contribution in [0.4, 0.5) is 0 Å². The molecule has 0 saturated carbocycles. The zero-order valence-electron chi connectivity index (χ0n) is 60.1. The largest absolute Gasteiger partial charge is 0.545 e. The highest BCUT2D eigenvalue weighted by molar-refractivity contribution is 5.70. The summed E-state index contributed by atoms with van der Waals surface area (Å²) < 4.78 is 22.8. The van der Waals surface area contributed by atoms with Crippen LogP contribution in [0.5, 0.6) is 0 Å². The standard InChI is InChI=1S/C84H137NO8/c1-6-8-10-12-14-16-18-20-22-24-26-28-30-32-34-36-38-39-40-41-42-43-45-46-48-50-52-54-56-58-60-62-64-66-68-70-72-74-81(86)91-78-80(79-92-84(83(88)89)90-77-76-85(3,4)5)93-82(87)75-73-71-69-67-65-63-61-59-57-55-53-51-49-47-44-37-35-33-31-29-27-25-23-21-19-17-15-13-11-9-7-2/h8-11,14-17,20-23,26-29,32-35,38-39,44,47,51,53,57,59,80,84H,6-7,12-13,18-19,24-25,30-31,36-37,40-43,45-46,48-50,52,54-56,58,60-79H2,1-5H3/b10-8-,11-9-,16-14-,17-15-,22-20-,23-21-,28-26-,29-27-,34-32-,35-33-,39-38-,47-44-,53-51-,59-57-. The molecule has 0 heterocycles. The van der Waals surface area contributed by atoms with E-state index >= 15 is 0 Å². The summed E-state index contributed by atoms with van der Waals surface area (Å²) in [6.45, 7) is 4.50. The number of unbranched alkanes of at least 4 members (excludes halogenated alkanes) is 24. The summed E-state index contributed by atoms with van der Waals surface area (Å²) >= 11 is 0. The molecule has 9 nitrogen and oxygen atoms in total. The molecule has 526 valence electrons. The smallest absolute Gasteiger partial charge is 0.306 e. The lowest BCUT2D eigenvalue weighted by molar-refractivity contribution is -0.870. The van der Waals surface area contributed by atoms with Crippen molar-refractivity contribution in [1.29, 1.82) is 0 Å². The number of esters is 2. The average molecular weight is 1290 g/mol. The van der Waals surface area contributed by atoms with E-state index in [1.54, 1.807) is 0 Å². The van der Waals surface area contributed by atoms with Gasteiger partial charge in [0, 0.05) is 12.8 Å². The Bertz CT molecular complexity index is 2140. The van der Waals surface area contributed by atoms with E-state index < -0.39 is 24.3 Å². The second-order valence-corrected chi connectivity index (χ2v) is 25.5. The van der Waals surface area contributed by atoms with Gasteiger partial charge in [-0.15, -0.1) is 0 Å². The van der Waals surface area contributed by atoms with Gasteiger partial charge >= 0.3 is 11.9 Å². The molecule has 0 saturated heterocycles. The minimum atomic E-state index is -1.64. The van der Waals surface area contributed by atoms with Gasteiger partial charge in [0.2, 0.25) is 0 Å². The average Bonchev–Trinajstić information content (AvgIpc) is 3.38. The van der Waals surface area contributed by atoms with Crippen molar-refractivity contribution in [1.82, 2.24) is 0 Å². The zero-order valence-corrected chi connectivity index (χ0v) is 60.1. The minimum Gasteiger partial charge on any atom is -0.545 e. The van der Waals surface area contributed by atoms with E-state index in [0.29, 0.717) is 17.4 Å². The highest BCUT2D eigenvalue weighted by Gasteiger charge is 2.22. The second kappa shape index (κ2) is 72.5. The summed E-state index contributed by atoms with van der Waals surface area (Å²) in [5, 5.41) is 11.8. The third kappa shape index (κ3) is 73.9. The molecule has 9 heteroatoms. The lowest BCUT2D eigenvalue weighted by Gasteiger charge is -2.26. The number of carboxylic acid groups (broad SMARTS) is 1. The van der Waals surface area contributed by atoms with E-state index in [2.05, 4.69) is 184 Å². The minimum absolute atomic E-state index is 0.137. The van der Waals surface area contributed by atoms with Crippen molar-refractivity contribution in [2.75, 3.05) is 47.5 Å². The lowest BCUT2D eigenvalue weighted by Crippen LogP contribution is -2.44. The Morgan fingerprint density at radius 2 is 0.581 bits per heavy atom. The molecule has 0 spiro atoms. The molecule has 0 radical (unpaired) electrons.